The van der Waals surface area contributed by atoms with E-state index in [-0.39, 0.29) is 11.7 Å². The summed E-state index contributed by atoms with van der Waals surface area (Å²) in [6.45, 7) is 3.81. The topological polar surface area (TPSA) is 90.3 Å². The molecule has 9 heteroatoms. The maximum atomic E-state index is 13.6. The zero-order chi connectivity index (χ0) is 23.2. The number of nitriles is 1. The number of morpholine rings is 1. The van der Waals surface area contributed by atoms with Crippen LogP contribution in [-0.4, -0.2) is 48.6 Å². The molecule has 2 N–H and O–H groups in total. The van der Waals surface area contributed by atoms with E-state index in [0.717, 1.165) is 13.1 Å². The van der Waals surface area contributed by atoms with Crippen molar-refractivity contribution in [2.75, 3.05) is 43.5 Å². The van der Waals surface area contributed by atoms with Gasteiger partial charge in [-0.2, -0.15) is 5.26 Å². The van der Waals surface area contributed by atoms with E-state index in [1.165, 1.54) is 18.3 Å². The van der Waals surface area contributed by atoms with Crippen molar-refractivity contribution < 1.29 is 13.9 Å². The molecule has 2 aromatic carbocycles. The normalized spacial score (nSPS) is 14.3. The number of rotatable bonds is 6. The lowest BCUT2D eigenvalue weighted by molar-refractivity contribution is -0.111. The molecule has 1 aromatic heterocycles. The lowest BCUT2D eigenvalue weighted by Crippen LogP contribution is -2.36. The van der Waals surface area contributed by atoms with Crippen LogP contribution in [-0.2, 0) is 9.53 Å². The summed E-state index contributed by atoms with van der Waals surface area (Å²) in [5, 5.41) is 16.3. The monoisotopic (exact) mass is 509 g/mol. The number of aromatic nitrogens is 1. The van der Waals surface area contributed by atoms with Crippen LogP contribution in [0.3, 0.4) is 0 Å². The first kappa shape index (κ1) is 22.9. The molecule has 4 rings (SSSR count). The Kier molecular flexibility index (Phi) is 7.29. The van der Waals surface area contributed by atoms with Crippen LogP contribution in [0, 0.1) is 17.1 Å². The molecule has 7 nitrogen and oxygen atoms in total. The molecular formula is C24H21BrFN5O2. The molecule has 168 valence electrons. The Morgan fingerprint density at radius 1 is 1.24 bits per heavy atom. The zero-order valence-corrected chi connectivity index (χ0v) is 19.2. The number of carbonyl (C=O) groups is 1. The average Bonchev–Trinajstić information content (AvgIpc) is 2.82. The second-order valence-electron chi connectivity index (χ2n) is 7.45. The highest BCUT2D eigenvalue weighted by atomic mass is 79.9. The molecular weight excluding hydrogens is 489 g/mol. The van der Waals surface area contributed by atoms with Gasteiger partial charge in [-0.15, -0.1) is 0 Å². The predicted molar refractivity (Wildman–Crippen MR) is 129 cm³/mol. The number of anilines is 3. The van der Waals surface area contributed by atoms with Crippen LogP contribution >= 0.6 is 15.9 Å². The van der Waals surface area contributed by atoms with Gasteiger partial charge in [-0.25, -0.2) is 4.39 Å². The second kappa shape index (κ2) is 10.5. The van der Waals surface area contributed by atoms with Crippen LogP contribution in [0.4, 0.5) is 21.5 Å². The Morgan fingerprint density at radius 2 is 2.03 bits per heavy atom. The van der Waals surface area contributed by atoms with Gasteiger partial charge in [0.15, 0.2) is 0 Å². The van der Waals surface area contributed by atoms with Crippen LogP contribution in [0.15, 0.2) is 59.2 Å². The highest BCUT2D eigenvalue weighted by Crippen LogP contribution is 2.32. The lowest BCUT2D eigenvalue weighted by Gasteiger charge is -2.25. The fourth-order valence-corrected chi connectivity index (χ4v) is 3.86. The van der Waals surface area contributed by atoms with Crippen molar-refractivity contribution in [3.05, 3.63) is 70.6 Å². The smallest absolute Gasteiger partial charge is 0.248 e. The van der Waals surface area contributed by atoms with E-state index >= 15 is 0 Å². The molecule has 0 bridgehead atoms. The molecule has 0 atom stereocenters. The van der Waals surface area contributed by atoms with Gasteiger partial charge in [0.25, 0.3) is 0 Å². The van der Waals surface area contributed by atoms with Crippen LogP contribution in [0.1, 0.15) is 5.56 Å². The van der Waals surface area contributed by atoms with Crippen molar-refractivity contribution in [2.45, 2.75) is 0 Å². The highest BCUT2D eigenvalue weighted by molar-refractivity contribution is 9.10. The maximum Gasteiger partial charge on any atom is 0.248 e. The molecule has 0 spiro atoms. The third-order valence-electron chi connectivity index (χ3n) is 5.18. The third kappa shape index (κ3) is 5.73. The summed E-state index contributed by atoms with van der Waals surface area (Å²) in [6, 6.07) is 11.9. The third-order valence-corrected chi connectivity index (χ3v) is 5.79. The zero-order valence-electron chi connectivity index (χ0n) is 17.6. The number of hydrogen-bond acceptors (Lipinski definition) is 6. The maximum absolute atomic E-state index is 13.6. The van der Waals surface area contributed by atoms with E-state index in [2.05, 4.69) is 42.5 Å². The number of pyridine rings is 1. The van der Waals surface area contributed by atoms with Gasteiger partial charge in [0.1, 0.15) is 11.9 Å². The number of nitrogens with one attached hydrogen (secondary N) is 2. The van der Waals surface area contributed by atoms with Gasteiger partial charge in [-0.05, 0) is 52.3 Å². The molecule has 3 aromatic rings. The molecule has 1 fully saturated rings. The summed E-state index contributed by atoms with van der Waals surface area (Å²) in [6.07, 6.45) is 4.82. The van der Waals surface area contributed by atoms with Gasteiger partial charge in [-0.1, -0.05) is 6.08 Å². The SMILES string of the molecule is N#Cc1cnc2ccc(NC(=O)C=CCN3CCOCC3)cc2c1Nc1ccc(F)c(Br)c1. The van der Waals surface area contributed by atoms with Crippen LogP contribution in [0.25, 0.3) is 10.9 Å². The van der Waals surface area contributed by atoms with E-state index in [1.54, 1.807) is 30.3 Å². The van der Waals surface area contributed by atoms with Gasteiger partial charge >= 0.3 is 0 Å². The van der Waals surface area contributed by atoms with Gasteiger partial charge in [0.05, 0.1) is 34.5 Å². The quantitative estimate of drug-likeness (QED) is 0.472. The lowest BCUT2D eigenvalue weighted by atomic mass is 10.1. The van der Waals surface area contributed by atoms with Crippen molar-refractivity contribution in [1.82, 2.24) is 9.88 Å². The standard InChI is InChI=1S/C24H21BrFN5O2/c25-20-13-18(3-5-21(20)26)30-24-16(14-27)15-28-22-6-4-17(12-19(22)24)29-23(32)2-1-7-31-8-10-33-11-9-31/h1-6,12-13,15H,7-11H2,(H,28,30)(H,29,32). The molecule has 0 saturated carbocycles. The van der Waals surface area contributed by atoms with Gasteiger partial charge < -0.3 is 15.4 Å². The first-order valence-electron chi connectivity index (χ1n) is 10.4. The van der Waals surface area contributed by atoms with E-state index in [1.807, 2.05) is 6.08 Å². The number of ether oxygens (including phenoxy) is 1. The molecule has 0 unspecified atom stereocenters. The molecule has 1 aliphatic heterocycles. The largest absolute Gasteiger partial charge is 0.379 e. The summed E-state index contributed by atoms with van der Waals surface area (Å²) in [7, 11) is 0. The number of fused-ring (bicyclic) bond motifs is 1. The molecule has 2 heterocycles. The predicted octanol–water partition coefficient (Wildman–Crippen LogP) is 4.58. The number of halogens is 2. The van der Waals surface area contributed by atoms with Crippen molar-refractivity contribution in [1.29, 1.82) is 5.26 Å². The Labute approximate surface area is 199 Å². The Morgan fingerprint density at radius 3 is 2.79 bits per heavy atom. The molecule has 1 aliphatic rings. The van der Waals surface area contributed by atoms with Crippen LogP contribution in [0.5, 0.6) is 0 Å². The number of amides is 1. The molecule has 33 heavy (non-hydrogen) atoms. The summed E-state index contributed by atoms with van der Waals surface area (Å²) in [4.78, 5) is 18.9. The van der Waals surface area contributed by atoms with Gasteiger partial charge in [-0.3, -0.25) is 14.7 Å². The minimum Gasteiger partial charge on any atom is -0.379 e. The number of carbonyl (C=O) groups excluding carboxylic acids is 1. The fourth-order valence-electron chi connectivity index (χ4n) is 3.48. The molecule has 0 radical (unpaired) electrons. The number of nitrogens with zero attached hydrogens (tertiary/aromatic N) is 3. The van der Waals surface area contributed by atoms with Crippen LogP contribution in [0.2, 0.25) is 0 Å². The Bertz CT molecular complexity index is 1250. The fraction of sp³-hybridized carbons (Fsp3) is 0.208. The van der Waals surface area contributed by atoms with E-state index < -0.39 is 0 Å². The molecule has 0 aliphatic carbocycles. The van der Waals surface area contributed by atoms with E-state index in [0.29, 0.717) is 57.8 Å². The number of hydrogen-bond donors (Lipinski definition) is 2. The summed E-state index contributed by atoms with van der Waals surface area (Å²) in [5.74, 6) is -0.628. The van der Waals surface area contributed by atoms with Crippen molar-refractivity contribution in [3.63, 3.8) is 0 Å². The minimum atomic E-state index is -0.382. The summed E-state index contributed by atoms with van der Waals surface area (Å²) in [5.41, 5.74) is 2.69. The Balaban J connectivity index is 1.55. The summed E-state index contributed by atoms with van der Waals surface area (Å²) >= 11 is 3.17. The number of benzene rings is 2. The van der Waals surface area contributed by atoms with Gasteiger partial charge in [0, 0.05) is 48.7 Å². The van der Waals surface area contributed by atoms with Crippen LogP contribution < -0.4 is 10.6 Å². The van der Waals surface area contributed by atoms with Crippen molar-refractivity contribution >= 4 is 49.8 Å². The molecule has 1 saturated heterocycles. The molecule has 1 amide bonds. The first-order chi connectivity index (χ1) is 16.0. The van der Waals surface area contributed by atoms with E-state index in [4.69, 9.17) is 4.74 Å². The Hall–Kier alpha value is -3.32. The highest BCUT2D eigenvalue weighted by Gasteiger charge is 2.12. The second-order valence-corrected chi connectivity index (χ2v) is 8.30. The first-order valence-corrected chi connectivity index (χ1v) is 11.2. The summed E-state index contributed by atoms with van der Waals surface area (Å²) < 4.78 is 19.2. The van der Waals surface area contributed by atoms with Crippen molar-refractivity contribution in [2.24, 2.45) is 0 Å². The van der Waals surface area contributed by atoms with E-state index in [9.17, 15) is 14.4 Å². The van der Waals surface area contributed by atoms with Gasteiger partial charge in [0.2, 0.25) is 5.91 Å². The average molecular weight is 510 g/mol. The van der Waals surface area contributed by atoms with Crippen molar-refractivity contribution in [3.8, 4) is 6.07 Å². The minimum absolute atomic E-state index is 0.246.